The molecule has 1 heterocycles. The maximum atomic E-state index is 9.10. The van der Waals surface area contributed by atoms with E-state index in [1.165, 1.54) is 11.1 Å². The highest BCUT2D eigenvalue weighted by molar-refractivity contribution is 6.27. The number of carbonyl (C=O) groups is 2. The van der Waals surface area contributed by atoms with Crippen molar-refractivity contribution < 1.29 is 19.8 Å². The number of aryl methyl sites for hydroxylation is 1. The molecule has 0 unspecified atom stereocenters. The largest absolute Gasteiger partial charge is 0.473 e. The van der Waals surface area contributed by atoms with Crippen LogP contribution in [0.3, 0.4) is 0 Å². The Morgan fingerprint density at radius 3 is 1.64 bits per heavy atom. The van der Waals surface area contributed by atoms with Gasteiger partial charge in [-0.25, -0.2) is 14.6 Å². The second kappa shape index (κ2) is 8.44. The van der Waals surface area contributed by atoms with Crippen LogP contribution in [-0.2, 0) is 9.59 Å². The molecule has 0 saturated carbocycles. The topological polar surface area (TPSA) is 92.4 Å². The van der Waals surface area contributed by atoms with E-state index in [-0.39, 0.29) is 6.04 Å². The van der Waals surface area contributed by atoms with Gasteiger partial charge >= 0.3 is 11.9 Å². The lowest BCUT2D eigenvalue weighted by Gasteiger charge is -2.21. The Morgan fingerprint density at radius 2 is 1.32 bits per heavy atom. The van der Waals surface area contributed by atoms with Crippen LogP contribution in [0.5, 0.6) is 0 Å². The molecular weight excluding hydrogens is 320 g/mol. The molecule has 2 aromatic carbocycles. The lowest BCUT2D eigenvalue weighted by molar-refractivity contribution is -0.159. The van der Waals surface area contributed by atoms with E-state index in [9.17, 15) is 0 Å². The second-order valence-electron chi connectivity index (χ2n) is 5.22. The molecule has 1 aromatic heterocycles. The van der Waals surface area contributed by atoms with E-state index in [0.717, 1.165) is 5.82 Å². The lowest BCUT2D eigenvalue weighted by atomic mass is 9.98. The number of benzene rings is 2. The molecule has 0 atom stereocenters. The molecule has 0 spiro atoms. The molecule has 25 heavy (non-hydrogen) atoms. The van der Waals surface area contributed by atoms with E-state index >= 15 is 0 Å². The maximum absolute atomic E-state index is 9.10. The molecule has 0 aliphatic carbocycles. The van der Waals surface area contributed by atoms with Crippen LogP contribution in [0.1, 0.15) is 23.0 Å². The molecular formula is C19H18N2O4. The van der Waals surface area contributed by atoms with E-state index in [2.05, 4.69) is 58.1 Å². The van der Waals surface area contributed by atoms with Crippen molar-refractivity contribution >= 4 is 11.9 Å². The van der Waals surface area contributed by atoms with E-state index < -0.39 is 11.9 Å². The van der Waals surface area contributed by atoms with Crippen LogP contribution in [0.2, 0.25) is 0 Å². The van der Waals surface area contributed by atoms with Gasteiger partial charge in [-0.1, -0.05) is 60.7 Å². The van der Waals surface area contributed by atoms with Crippen LogP contribution in [-0.4, -0.2) is 31.7 Å². The van der Waals surface area contributed by atoms with Gasteiger partial charge in [-0.3, -0.25) is 0 Å². The summed E-state index contributed by atoms with van der Waals surface area (Å²) in [7, 11) is 0. The summed E-state index contributed by atoms with van der Waals surface area (Å²) >= 11 is 0. The van der Waals surface area contributed by atoms with Gasteiger partial charge in [0.1, 0.15) is 5.82 Å². The monoisotopic (exact) mass is 338 g/mol. The summed E-state index contributed by atoms with van der Waals surface area (Å²) < 4.78 is 2.21. The van der Waals surface area contributed by atoms with Crippen molar-refractivity contribution in [3.8, 4) is 0 Å². The van der Waals surface area contributed by atoms with E-state index in [1.54, 1.807) is 0 Å². The van der Waals surface area contributed by atoms with E-state index in [0.29, 0.717) is 0 Å². The van der Waals surface area contributed by atoms with Gasteiger partial charge in [0.25, 0.3) is 0 Å². The van der Waals surface area contributed by atoms with Gasteiger partial charge in [0.05, 0.1) is 6.04 Å². The van der Waals surface area contributed by atoms with Crippen LogP contribution >= 0.6 is 0 Å². The highest BCUT2D eigenvalue weighted by atomic mass is 16.4. The third kappa shape index (κ3) is 4.78. The second-order valence-corrected chi connectivity index (χ2v) is 5.22. The minimum absolute atomic E-state index is 0.185. The van der Waals surface area contributed by atoms with Crippen molar-refractivity contribution in [2.75, 3.05) is 0 Å². The van der Waals surface area contributed by atoms with Crippen molar-refractivity contribution in [2.24, 2.45) is 0 Å². The molecule has 0 amide bonds. The summed E-state index contributed by atoms with van der Waals surface area (Å²) in [6, 6.07) is 21.3. The molecule has 0 aliphatic heterocycles. The number of aliphatic carboxylic acids is 2. The Labute approximate surface area is 145 Å². The van der Waals surface area contributed by atoms with E-state index in [4.69, 9.17) is 19.8 Å². The number of carboxylic acids is 2. The molecule has 3 rings (SSSR count). The smallest absolute Gasteiger partial charge is 0.414 e. The summed E-state index contributed by atoms with van der Waals surface area (Å²) in [6.45, 7) is 2.04. The quantitative estimate of drug-likeness (QED) is 0.716. The number of nitrogens with zero attached hydrogens (tertiary/aromatic N) is 2. The van der Waals surface area contributed by atoms with Crippen LogP contribution in [0.4, 0.5) is 0 Å². The minimum atomic E-state index is -1.82. The van der Waals surface area contributed by atoms with Crippen LogP contribution in [0.15, 0.2) is 73.1 Å². The first-order valence-corrected chi connectivity index (χ1v) is 7.56. The Kier molecular flexibility index (Phi) is 6.06. The zero-order valence-corrected chi connectivity index (χ0v) is 13.6. The Bertz CT molecular complexity index is 777. The number of imidazole rings is 1. The molecule has 128 valence electrons. The molecule has 0 fully saturated rings. The summed E-state index contributed by atoms with van der Waals surface area (Å²) in [5.41, 5.74) is 2.55. The van der Waals surface area contributed by atoms with Crippen molar-refractivity contribution in [1.82, 2.24) is 9.55 Å². The van der Waals surface area contributed by atoms with Gasteiger partial charge < -0.3 is 14.8 Å². The molecule has 0 aliphatic rings. The fraction of sp³-hybridized carbons (Fsp3) is 0.105. The number of rotatable bonds is 3. The Balaban J connectivity index is 0.000000326. The molecule has 6 heteroatoms. The predicted molar refractivity (Wildman–Crippen MR) is 92.4 cm³/mol. The van der Waals surface area contributed by atoms with Gasteiger partial charge in [0, 0.05) is 12.4 Å². The summed E-state index contributed by atoms with van der Waals surface area (Å²) in [4.78, 5) is 22.6. The third-order valence-electron chi connectivity index (χ3n) is 3.55. The first kappa shape index (κ1) is 17.9. The first-order chi connectivity index (χ1) is 12.0. The van der Waals surface area contributed by atoms with Gasteiger partial charge in [0.15, 0.2) is 0 Å². The molecule has 3 aromatic rings. The average Bonchev–Trinajstić information content (AvgIpc) is 3.03. The van der Waals surface area contributed by atoms with Gasteiger partial charge in [-0.05, 0) is 18.1 Å². The van der Waals surface area contributed by atoms with Gasteiger partial charge in [-0.15, -0.1) is 0 Å². The van der Waals surface area contributed by atoms with Crippen molar-refractivity contribution in [1.29, 1.82) is 0 Å². The SMILES string of the molecule is Cc1nccn1C(c1ccccc1)c1ccccc1.O=C(O)C(=O)O. The minimum Gasteiger partial charge on any atom is -0.473 e. The Morgan fingerprint density at radius 1 is 0.880 bits per heavy atom. The number of hydrogen-bond donors (Lipinski definition) is 2. The van der Waals surface area contributed by atoms with Crippen molar-refractivity contribution in [3.05, 3.63) is 90.0 Å². The van der Waals surface area contributed by atoms with Crippen molar-refractivity contribution in [2.45, 2.75) is 13.0 Å². The average molecular weight is 338 g/mol. The predicted octanol–water partition coefficient (Wildman–Crippen LogP) is 2.98. The van der Waals surface area contributed by atoms with Crippen LogP contribution in [0, 0.1) is 6.92 Å². The highest BCUT2D eigenvalue weighted by Gasteiger charge is 2.16. The summed E-state index contributed by atoms with van der Waals surface area (Å²) in [6.07, 6.45) is 3.90. The van der Waals surface area contributed by atoms with E-state index in [1.807, 2.05) is 31.5 Å². The number of carboxylic acid groups (broad SMARTS) is 2. The highest BCUT2D eigenvalue weighted by Crippen LogP contribution is 2.27. The number of aromatic nitrogens is 2. The van der Waals surface area contributed by atoms with Crippen LogP contribution < -0.4 is 0 Å². The zero-order valence-electron chi connectivity index (χ0n) is 13.6. The Hall–Kier alpha value is -3.41. The van der Waals surface area contributed by atoms with Crippen molar-refractivity contribution in [3.63, 3.8) is 0 Å². The third-order valence-corrected chi connectivity index (χ3v) is 3.55. The van der Waals surface area contributed by atoms with Gasteiger partial charge in [-0.2, -0.15) is 0 Å². The molecule has 0 bridgehead atoms. The van der Waals surface area contributed by atoms with Crippen LogP contribution in [0.25, 0.3) is 0 Å². The summed E-state index contributed by atoms with van der Waals surface area (Å²) in [5.74, 6) is -2.62. The fourth-order valence-corrected chi connectivity index (χ4v) is 2.44. The normalized spacial score (nSPS) is 10.0. The van der Waals surface area contributed by atoms with Gasteiger partial charge in [0.2, 0.25) is 0 Å². The first-order valence-electron chi connectivity index (χ1n) is 7.56. The lowest BCUT2D eigenvalue weighted by Crippen LogP contribution is -2.12. The number of hydrogen-bond acceptors (Lipinski definition) is 3. The molecule has 0 saturated heterocycles. The molecule has 2 N–H and O–H groups in total. The molecule has 6 nitrogen and oxygen atoms in total. The zero-order chi connectivity index (χ0) is 18.2. The fourth-order valence-electron chi connectivity index (χ4n) is 2.44. The standard InChI is InChI=1S/C17H16N2.C2H2O4/c1-14-18-12-13-19(14)17(15-8-4-2-5-9-15)16-10-6-3-7-11-16;3-1(4)2(5)6/h2-13,17H,1H3;(H,3,4)(H,5,6). The molecule has 0 radical (unpaired) electrons. The summed E-state index contributed by atoms with van der Waals surface area (Å²) in [5, 5.41) is 14.8. The maximum Gasteiger partial charge on any atom is 0.414 e.